The molecule has 1 nitrogen and oxygen atoms in total. The van der Waals surface area contributed by atoms with Gasteiger partial charge in [0.05, 0.1) is 6.61 Å². The summed E-state index contributed by atoms with van der Waals surface area (Å²) >= 11 is 10.6. The minimum Gasteiger partial charge on any atom is -0.493 e. The van der Waals surface area contributed by atoms with Crippen LogP contribution in [0.15, 0.2) is 60.5 Å². The molecule has 0 fully saturated rings. The molecule has 1 aliphatic rings. The number of hydrogen-bond donors (Lipinski definition) is 0. The van der Waals surface area contributed by atoms with Crippen LogP contribution in [0.3, 0.4) is 0 Å². The first-order valence-corrected chi connectivity index (χ1v) is 9.30. The third-order valence-corrected chi connectivity index (χ3v) is 6.47. The molecule has 98 valence electrons. The predicted molar refractivity (Wildman–Crippen MR) is 88.1 cm³/mol. The molecule has 1 heterocycles. The molecule has 0 radical (unpaired) electrons. The summed E-state index contributed by atoms with van der Waals surface area (Å²) in [6.07, 6.45) is 0. The standard InChI is InChI=1S/C14H10Br2OS2/c15-6-7-17-9-4-5-11-13(8-9)18-12-3-1-2-10(16)14(12)19-11/h1-5,8H,6-7H2. The quantitative estimate of drug-likeness (QED) is 0.495. The topological polar surface area (TPSA) is 9.23 Å². The number of alkyl halides is 1. The monoisotopic (exact) mass is 416 g/mol. The first kappa shape index (κ1) is 13.9. The van der Waals surface area contributed by atoms with Gasteiger partial charge in [-0.1, -0.05) is 45.5 Å². The molecule has 2 aromatic carbocycles. The Labute approximate surface area is 137 Å². The summed E-state index contributed by atoms with van der Waals surface area (Å²) in [5.41, 5.74) is 0. The van der Waals surface area contributed by atoms with E-state index in [-0.39, 0.29) is 0 Å². The average Bonchev–Trinajstić information content (AvgIpc) is 2.43. The van der Waals surface area contributed by atoms with Crippen molar-refractivity contribution in [1.29, 1.82) is 0 Å². The number of halogens is 2. The summed E-state index contributed by atoms with van der Waals surface area (Å²) in [6, 6.07) is 12.6. The largest absolute Gasteiger partial charge is 0.493 e. The minimum absolute atomic E-state index is 0.693. The Morgan fingerprint density at radius 3 is 2.74 bits per heavy atom. The third-order valence-electron chi connectivity index (χ3n) is 2.62. The van der Waals surface area contributed by atoms with Gasteiger partial charge in [0.2, 0.25) is 0 Å². The normalized spacial score (nSPS) is 12.7. The predicted octanol–water partition coefficient (Wildman–Crippen LogP) is 5.84. The van der Waals surface area contributed by atoms with Crippen LogP contribution in [0.1, 0.15) is 0 Å². The summed E-state index contributed by atoms with van der Waals surface area (Å²) in [4.78, 5) is 5.15. The maximum atomic E-state index is 5.65. The van der Waals surface area contributed by atoms with Crippen molar-refractivity contribution in [2.45, 2.75) is 19.6 Å². The second-order valence-electron chi connectivity index (χ2n) is 3.92. The SMILES string of the molecule is BrCCOc1ccc2c(c1)Sc1cccc(Br)c1S2. The van der Waals surface area contributed by atoms with Crippen molar-refractivity contribution in [3.05, 3.63) is 40.9 Å². The van der Waals surface area contributed by atoms with Crippen LogP contribution in [0.5, 0.6) is 5.75 Å². The van der Waals surface area contributed by atoms with Crippen molar-refractivity contribution >= 4 is 55.4 Å². The molecule has 0 aromatic heterocycles. The molecule has 5 heteroatoms. The average molecular weight is 418 g/mol. The van der Waals surface area contributed by atoms with Gasteiger partial charge in [-0.15, -0.1) is 0 Å². The molecule has 1 aliphatic heterocycles. The molecule has 0 unspecified atom stereocenters. The lowest BCUT2D eigenvalue weighted by Gasteiger charge is -2.19. The van der Waals surface area contributed by atoms with E-state index in [9.17, 15) is 0 Å². The molecule has 2 aromatic rings. The smallest absolute Gasteiger partial charge is 0.120 e. The van der Waals surface area contributed by atoms with Gasteiger partial charge in [0.25, 0.3) is 0 Å². The molecule has 0 N–H and O–H groups in total. The zero-order valence-electron chi connectivity index (χ0n) is 9.86. The van der Waals surface area contributed by atoms with Crippen LogP contribution in [0, 0.1) is 0 Å². The highest BCUT2D eigenvalue weighted by Gasteiger charge is 2.19. The van der Waals surface area contributed by atoms with Gasteiger partial charge in [0, 0.05) is 29.4 Å². The maximum absolute atomic E-state index is 5.65. The molecular weight excluding hydrogens is 408 g/mol. The van der Waals surface area contributed by atoms with Gasteiger partial charge >= 0.3 is 0 Å². The van der Waals surface area contributed by atoms with E-state index in [0.717, 1.165) is 15.6 Å². The minimum atomic E-state index is 0.693. The second kappa shape index (κ2) is 6.12. The van der Waals surface area contributed by atoms with Crippen molar-refractivity contribution in [2.75, 3.05) is 11.9 Å². The molecule has 0 amide bonds. The van der Waals surface area contributed by atoms with Crippen LogP contribution >= 0.6 is 55.4 Å². The molecule has 0 spiro atoms. The molecule has 0 aliphatic carbocycles. The summed E-state index contributed by atoms with van der Waals surface area (Å²) in [6.45, 7) is 0.693. The summed E-state index contributed by atoms with van der Waals surface area (Å²) in [5, 5.41) is 0.849. The molecule has 0 bridgehead atoms. The zero-order valence-corrected chi connectivity index (χ0v) is 14.7. The van der Waals surface area contributed by atoms with E-state index in [2.05, 4.69) is 62.2 Å². The molecule has 0 atom stereocenters. The van der Waals surface area contributed by atoms with Crippen LogP contribution < -0.4 is 4.74 Å². The highest BCUT2D eigenvalue weighted by Crippen LogP contribution is 2.51. The lowest BCUT2D eigenvalue weighted by atomic mass is 10.3. The lowest BCUT2D eigenvalue weighted by molar-refractivity contribution is 0.344. The number of hydrogen-bond acceptors (Lipinski definition) is 3. The van der Waals surface area contributed by atoms with Crippen molar-refractivity contribution < 1.29 is 4.74 Å². The Morgan fingerprint density at radius 1 is 1.00 bits per heavy atom. The van der Waals surface area contributed by atoms with Crippen LogP contribution in [0.25, 0.3) is 0 Å². The Balaban J connectivity index is 1.92. The van der Waals surface area contributed by atoms with E-state index in [4.69, 9.17) is 4.74 Å². The van der Waals surface area contributed by atoms with Crippen molar-refractivity contribution in [3.63, 3.8) is 0 Å². The molecule has 0 saturated carbocycles. The molecule has 3 rings (SSSR count). The van der Waals surface area contributed by atoms with Gasteiger partial charge in [0.15, 0.2) is 0 Å². The van der Waals surface area contributed by atoms with E-state index in [0.29, 0.717) is 6.61 Å². The number of rotatable bonds is 3. The van der Waals surface area contributed by atoms with Gasteiger partial charge < -0.3 is 4.74 Å². The van der Waals surface area contributed by atoms with Crippen LogP contribution in [0.2, 0.25) is 0 Å². The van der Waals surface area contributed by atoms with Gasteiger partial charge in [-0.2, -0.15) is 0 Å². The highest BCUT2D eigenvalue weighted by atomic mass is 79.9. The Morgan fingerprint density at radius 2 is 1.89 bits per heavy atom. The summed E-state index contributed by atoms with van der Waals surface area (Å²) in [5.74, 6) is 0.935. The fourth-order valence-corrected chi connectivity index (χ4v) is 4.98. The number of benzene rings is 2. The molecule has 19 heavy (non-hydrogen) atoms. The first-order valence-electron chi connectivity index (χ1n) is 5.75. The third kappa shape index (κ3) is 2.99. The number of fused-ring (bicyclic) bond motifs is 2. The highest BCUT2D eigenvalue weighted by molar-refractivity contribution is 9.10. The first-order chi connectivity index (χ1) is 9.28. The van der Waals surface area contributed by atoms with Gasteiger partial charge in [-0.05, 0) is 46.3 Å². The van der Waals surface area contributed by atoms with Gasteiger partial charge in [-0.3, -0.25) is 0 Å². The van der Waals surface area contributed by atoms with Crippen molar-refractivity contribution in [2.24, 2.45) is 0 Å². The molecule has 0 saturated heterocycles. The second-order valence-corrected chi connectivity index (χ2v) is 7.70. The molecular formula is C14H10Br2OS2. The summed E-state index contributed by atoms with van der Waals surface area (Å²) in [7, 11) is 0. The van der Waals surface area contributed by atoms with Gasteiger partial charge in [-0.25, -0.2) is 0 Å². The lowest BCUT2D eigenvalue weighted by Crippen LogP contribution is -1.98. The van der Waals surface area contributed by atoms with Crippen LogP contribution in [0.4, 0.5) is 0 Å². The fourth-order valence-electron chi connectivity index (χ4n) is 1.80. The Hall–Kier alpha value is -0.100. The fraction of sp³-hybridized carbons (Fsp3) is 0.143. The van der Waals surface area contributed by atoms with E-state index in [1.165, 1.54) is 19.6 Å². The van der Waals surface area contributed by atoms with E-state index >= 15 is 0 Å². The van der Waals surface area contributed by atoms with Crippen molar-refractivity contribution in [1.82, 2.24) is 0 Å². The Bertz CT molecular complexity index is 616. The van der Waals surface area contributed by atoms with Gasteiger partial charge in [0.1, 0.15) is 5.75 Å². The summed E-state index contributed by atoms with van der Waals surface area (Å²) < 4.78 is 6.81. The maximum Gasteiger partial charge on any atom is 0.120 e. The van der Waals surface area contributed by atoms with Crippen LogP contribution in [-0.4, -0.2) is 11.9 Å². The van der Waals surface area contributed by atoms with Crippen molar-refractivity contribution in [3.8, 4) is 5.75 Å². The van der Waals surface area contributed by atoms with E-state index in [1.807, 2.05) is 17.8 Å². The van der Waals surface area contributed by atoms with Crippen LogP contribution in [-0.2, 0) is 0 Å². The van der Waals surface area contributed by atoms with E-state index < -0.39 is 0 Å². The van der Waals surface area contributed by atoms with E-state index in [1.54, 1.807) is 11.8 Å². The number of ether oxygens (including phenoxy) is 1. The Kier molecular flexibility index (Phi) is 4.47. The zero-order chi connectivity index (χ0) is 13.2.